The van der Waals surface area contributed by atoms with Gasteiger partial charge < -0.3 is 15.2 Å². The Morgan fingerprint density at radius 1 is 1.33 bits per heavy atom. The lowest BCUT2D eigenvalue weighted by molar-refractivity contribution is 0.0984. The summed E-state index contributed by atoms with van der Waals surface area (Å²) in [6.07, 6.45) is 5.13. The molecule has 0 unspecified atom stereocenters. The Kier molecular flexibility index (Phi) is 3.45. The fourth-order valence-electron chi connectivity index (χ4n) is 2.57. The summed E-state index contributed by atoms with van der Waals surface area (Å²) in [5, 5.41) is 0. The van der Waals surface area contributed by atoms with Crippen molar-refractivity contribution in [2.75, 3.05) is 17.7 Å². The number of carbonyl (C=O) groups is 1. The number of anilines is 2. The van der Waals surface area contributed by atoms with Gasteiger partial charge >= 0.3 is 0 Å². The van der Waals surface area contributed by atoms with Crippen LogP contribution in [0, 0.1) is 0 Å². The number of hydrogen-bond donors (Lipinski definition) is 1. The van der Waals surface area contributed by atoms with Crippen LogP contribution in [0.3, 0.4) is 0 Å². The van der Waals surface area contributed by atoms with Crippen LogP contribution in [0.4, 0.5) is 11.4 Å². The number of rotatable bonds is 4. The molecule has 4 heteroatoms. The highest BCUT2D eigenvalue weighted by Crippen LogP contribution is 2.37. The van der Waals surface area contributed by atoms with Crippen LogP contribution in [0.2, 0.25) is 0 Å². The van der Waals surface area contributed by atoms with Gasteiger partial charge in [-0.05, 0) is 43.0 Å². The van der Waals surface area contributed by atoms with Crippen molar-refractivity contribution in [1.29, 1.82) is 0 Å². The van der Waals surface area contributed by atoms with Crippen LogP contribution in [0.5, 0.6) is 0 Å². The second kappa shape index (κ2) is 5.28. The number of hydrogen-bond acceptors (Lipinski definition) is 2. The Hall–Kier alpha value is -2.23. The highest BCUT2D eigenvalue weighted by atomic mass is 16.2. The van der Waals surface area contributed by atoms with Crippen molar-refractivity contribution < 1.29 is 4.79 Å². The van der Waals surface area contributed by atoms with E-state index in [2.05, 4.69) is 19.1 Å². The summed E-state index contributed by atoms with van der Waals surface area (Å²) in [6.45, 7) is 2.12. The van der Waals surface area contributed by atoms with E-state index >= 15 is 0 Å². The average Bonchev–Trinajstić information content (AvgIpc) is 3.28. The van der Waals surface area contributed by atoms with E-state index in [1.165, 1.54) is 5.56 Å². The molecule has 110 valence electrons. The van der Waals surface area contributed by atoms with Gasteiger partial charge in [-0.15, -0.1) is 0 Å². The Morgan fingerprint density at radius 2 is 2.00 bits per heavy atom. The molecule has 1 amide bonds. The molecule has 1 heterocycles. The summed E-state index contributed by atoms with van der Waals surface area (Å²) in [5.41, 5.74) is 9.37. The predicted molar refractivity (Wildman–Crippen MR) is 85.7 cm³/mol. The van der Waals surface area contributed by atoms with E-state index in [4.69, 9.17) is 5.73 Å². The molecule has 3 rings (SSSR count). The van der Waals surface area contributed by atoms with Crippen molar-refractivity contribution in [2.45, 2.75) is 32.2 Å². The van der Waals surface area contributed by atoms with E-state index in [1.54, 1.807) is 11.0 Å². The average molecular weight is 283 g/mol. The minimum absolute atomic E-state index is 0.0113. The van der Waals surface area contributed by atoms with Crippen molar-refractivity contribution in [2.24, 2.45) is 0 Å². The third kappa shape index (κ3) is 2.66. The summed E-state index contributed by atoms with van der Waals surface area (Å²) >= 11 is 0. The first kappa shape index (κ1) is 13.7. The molecule has 0 saturated heterocycles. The first-order valence-corrected chi connectivity index (χ1v) is 7.44. The number of nitrogens with two attached hydrogens (primary N) is 1. The zero-order valence-corrected chi connectivity index (χ0v) is 12.5. The Labute approximate surface area is 125 Å². The van der Waals surface area contributed by atoms with E-state index in [1.807, 2.05) is 29.9 Å². The Bertz CT molecular complexity index is 653. The number of amides is 1. The molecular weight excluding hydrogens is 262 g/mol. The molecule has 0 atom stereocenters. The van der Waals surface area contributed by atoms with Gasteiger partial charge in [0.1, 0.15) is 5.69 Å². The first-order valence-electron chi connectivity index (χ1n) is 7.44. The van der Waals surface area contributed by atoms with E-state index < -0.39 is 0 Å². The Morgan fingerprint density at radius 3 is 2.57 bits per heavy atom. The second-order valence-electron chi connectivity index (χ2n) is 5.68. The van der Waals surface area contributed by atoms with Crippen molar-refractivity contribution in [1.82, 2.24) is 4.57 Å². The van der Waals surface area contributed by atoms with Gasteiger partial charge in [-0.1, -0.05) is 19.1 Å². The zero-order chi connectivity index (χ0) is 15.0. The van der Waals surface area contributed by atoms with Crippen LogP contribution in [-0.2, 0) is 6.42 Å². The molecular formula is C17H21N3O. The zero-order valence-electron chi connectivity index (χ0n) is 12.5. The van der Waals surface area contributed by atoms with Gasteiger partial charge in [0, 0.05) is 25.0 Å². The van der Waals surface area contributed by atoms with Crippen molar-refractivity contribution >= 4 is 17.3 Å². The molecule has 2 aromatic rings. The van der Waals surface area contributed by atoms with Crippen LogP contribution in [0.25, 0.3) is 0 Å². The summed E-state index contributed by atoms with van der Waals surface area (Å²) in [4.78, 5) is 14.4. The molecule has 1 aliphatic rings. The van der Waals surface area contributed by atoms with Gasteiger partial charge in [-0.2, -0.15) is 0 Å². The molecule has 1 aromatic heterocycles. The fraction of sp³-hybridized carbons (Fsp3) is 0.353. The molecule has 1 aromatic carbocycles. The molecule has 1 saturated carbocycles. The number of carbonyl (C=O) groups excluding carboxylic acids is 1. The van der Waals surface area contributed by atoms with Crippen LogP contribution in [-0.4, -0.2) is 17.5 Å². The summed E-state index contributed by atoms with van der Waals surface area (Å²) in [7, 11) is 1.81. The van der Waals surface area contributed by atoms with Gasteiger partial charge in [-0.25, -0.2) is 0 Å². The van der Waals surface area contributed by atoms with Crippen molar-refractivity contribution in [3.05, 3.63) is 47.8 Å². The normalized spacial score (nSPS) is 14.2. The fourth-order valence-corrected chi connectivity index (χ4v) is 2.57. The van der Waals surface area contributed by atoms with Crippen LogP contribution in [0.1, 0.15) is 41.9 Å². The van der Waals surface area contributed by atoms with Crippen molar-refractivity contribution in [3.8, 4) is 0 Å². The number of aromatic nitrogens is 1. The highest BCUT2D eigenvalue weighted by molar-refractivity contribution is 6.05. The smallest absolute Gasteiger partial charge is 0.274 e. The molecule has 21 heavy (non-hydrogen) atoms. The van der Waals surface area contributed by atoms with E-state index in [-0.39, 0.29) is 5.91 Å². The molecule has 0 aliphatic heterocycles. The van der Waals surface area contributed by atoms with Gasteiger partial charge in [0.15, 0.2) is 0 Å². The predicted octanol–water partition coefficient (Wildman–Crippen LogP) is 3.24. The Balaban J connectivity index is 1.86. The number of aryl methyl sites for hydroxylation is 1. The number of benzene rings is 1. The molecule has 1 aliphatic carbocycles. The maximum Gasteiger partial charge on any atom is 0.274 e. The molecule has 1 fully saturated rings. The third-order valence-electron chi connectivity index (χ3n) is 4.07. The van der Waals surface area contributed by atoms with E-state index in [0.29, 0.717) is 17.4 Å². The monoisotopic (exact) mass is 283 g/mol. The lowest BCUT2D eigenvalue weighted by Gasteiger charge is -2.18. The molecule has 0 radical (unpaired) electrons. The van der Waals surface area contributed by atoms with E-state index in [9.17, 15) is 4.79 Å². The molecule has 0 bridgehead atoms. The van der Waals surface area contributed by atoms with Crippen LogP contribution < -0.4 is 10.6 Å². The highest BCUT2D eigenvalue weighted by Gasteiger charge is 2.29. The summed E-state index contributed by atoms with van der Waals surface area (Å²) < 4.78 is 2.02. The summed E-state index contributed by atoms with van der Waals surface area (Å²) in [6, 6.07) is 10.3. The summed E-state index contributed by atoms with van der Waals surface area (Å²) in [5.74, 6) is -0.0113. The lowest BCUT2D eigenvalue weighted by Crippen LogP contribution is -2.28. The van der Waals surface area contributed by atoms with Crippen LogP contribution >= 0.6 is 0 Å². The number of nitrogens with zero attached hydrogens (tertiary/aromatic N) is 2. The maximum absolute atomic E-state index is 12.7. The van der Waals surface area contributed by atoms with E-state index in [0.717, 1.165) is 24.9 Å². The van der Waals surface area contributed by atoms with Gasteiger partial charge in [0.25, 0.3) is 5.91 Å². The topological polar surface area (TPSA) is 51.3 Å². The van der Waals surface area contributed by atoms with Gasteiger partial charge in [0.05, 0.1) is 5.69 Å². The minimum atomic E-state index is -0.0113. The second-order valence-corrected chi connectivity index (χ2v) is 5.68. The SMILES string of the molecule is CCc1ccc(N(C)C(=O)c2cc(N)cn2C2CC2)cc1. The largest absolute Gasteiger partial charge is 0.397 e. The van der Waals surface area contributed by atoms with Crippen LogP contribution in [0.15, 0.2) is 36.5 Å². The first-order chi connectivity index (χ1) is 10.1. The molecule has 4 nitrogen and oxygen atoms in total. The lowest BCUT2D eigenvalue weighted by atomic mass is 10.1. The molecule has 0 spiro atoms. The molecule has 2 N–H and O–H groups in total. The number of nitrogen functional groups attached to an aromatic ring is 1. The van der Waals surface area contributed by atoms with Crippen molar-refractivity contribution in [3.63, 3.8) is 0 Å². The quantitative estimate of drug-likeness (QED) is 0.936. The standard InChI is InChI=1S/C17H21N3O/c1-3-12-4-6-14(7-5-12)19(2)17(21)16-10-13(18)11-20(16)15-8-9-15/h4-7,10-11,15H,3,8-9,18H2,1-2H3. The van der Waals surface area contributed by atoms with Gasteiger partial charge in [-0.3, -0.25) is 4.79 Å². The third-order valence-corrected chi connectivity index (χ3v) is 4.07. The maximum atomic E-state index is 12.7. The van der Waals surface area contributed by atoms with Gasteiger partial charge in [0.2, 0.25) is 0 Å². The minimum Gasteiger partial charge on any atom is -0.397 e.